The molecule has 0 spiro atoms. The first-order chi connectivity index (χ1) is 8.18. The number of aromatic carboxylic acids is 1. The molecule has 1 aromatic carbocycles. The number of aryl methyl sites for hydroxylation is 2. The fourth-order valence-electron chi connectivity index (χ4n) is 1.75. The van der Waals surface area contributed by atoms with Gasteiger partial charge in [-0.05, 0) is 30.2 Å². The van der Waals surface area contributed by atoms with Gasteiger partial charge in [-0.1, -0.05) is 18.2 Å². The van der Waals surface area contributed by atoms with Crippen LogP contribution in [0.2, 0.25) is 0 Å². The van der Waals surface area contributed by atoms with E-state index in [4.69, 9.17) is 5.11 Å². The van der Waals surface area contributed by atoms with E-state index in [0.29, 0.717) is 18.5 Å². The number of halogens is 1. The Morgan fingerprint density at radius 2 is 2.00 bits per heavy atom. The lowest BCUT2D eigenvalue weighted by Crippen LogP contribution is -2.09. The van der Waals surface area contributed by atoms with E-state index < -0.39 is 5.97 Å². The maximum Gasteiger partial charge on any atom is 0.352 e. The summed E-state index contributed by atoms with van der Waals surface area (Å²) in [6.07, 6.45) is 2.16. The summed E-state index contributed by atoms with van der Waals surface area (Å²) in [5.74, 6) is -1.22. The van der Waals surface area contributed by atoms with E-state index in [-0.39, 0.29) is 11.5 Å². The minimum atomic E-state index is -0.969. The molecule has 0 aliphatic carbocycles. The molecule has 1 aromatic heterocycles. The fourth-order valence-corrected chi connectivity index (χ4v) is 1.75. The molecule has 4 heteroatoms. The van der Waals surface area contributed by atoms with Gasteiger partial charge in [0.15, 0.2) is 0 Å². The Morgan fingerprint density at radius 3 is 2.71 bits per heavy atom. The Kier molecular flexibility index (Phi) is 3.23. The highest BCUT2D eigenvalue weighted by Crippen LogP contribution is 2.10. The normalized spacial score (nSPS) is 10.4. The Balaban J connectivity index is 2.10. The zero-order chi connectivity index (χ0) is 12.3. The molecule has 0 atom stereocenters. The topological polar surface area (TPSA) is 42.2 Å². The Morgan fingerprint density at radius 1 is 1.24 bits per heavy atom. The zero-order valence-electron chi connectivity index (χ0n) is 9.14. The minimum Gasteiger partial charge on any atom is -0.477 e. The molecule has 17 heavy (non-hydrogen) atoms. The third-order valence-electron chi connectivity index (χ3n) is 2.63. The first-order valence-corrected chi connectivity index (χ1v) is 5.30. The van der Waals surface area contributed by atoms with Crippen LogP contribution in [0.15, 0.2) is 42.6 Å². The predicted molar refractivity (Wildman–Crippen MR) is 61.5 cm³/mol. The molecule has 0 fully saturated rings. The average Bonchev–Trinajstić information content (AvgIpc) is 2.76. The molecule has 2 aromatic rings. The van der Waals surface area contributed by atoms with Crippen molar-refractivity contribution in [1.29, 1.82) is 0 Å². The molecule has 0 bridgehead atoms. The van der Waals surface area contributed by atoms with Crippen molar-refractivity contribution in [2.24, 2.45) is 0 Å². The monoisotopic (exact) mass is 233 g/mol. The molecule has 0 saturated heterocycles. The maximum atomic E-state index is 13.4. The molecule has 3 nitrogen and oxygen atoms in total. The molecule has 1 heterocycles. The molecule has 0 aliphatic heterocycles. The summed E-state index contributed by atoms with van der Waals surface area (Å²) < 4.78 is 15.0. The van der Waals surface area contributed by atoms with Crippen molar-refractivity contribution in [3.63, 3.8) is 0 Å². The molecule has 0 aliphatic rings. The third-order valence-corrected chi connectivity index (χ3v) is 2.63. The summed E-state index contributed by atoms with van der Waals surface area (Å²) in [6.45, 7) is 0.454. The van der Waals surface area contributed by atoms with Crippen molar-refractivity contribution >= 4 is 5.97 Å². The number of hydrogen-bond donors (Lipinski definition) is 1. The van der Waals surface area contributed by atoms with Crippen LogP contribution in [0.4, 0.5) is 4.39 Å². The highest BCUT2D eigenvalue weighted by Gasteiger charge is 2.09. The van der Waals surface area contributed by atoms with Crippen molar-refractivity contribution in [2.75, 3.05) is 0 Å². The van der Waals surface area contributed by atoms with Gasteiger partial charge in [0.25, 0.3) is 0 Å². The zero-order valence-corrected chi connectivity index (χ0v) is 9.14. The average molecular weight is 233 g/mol. The maximum absolute atomic E-state index is 13.4. The fraction of sp³-hybridized carbons (Fsp3) is 0.154. The van der Waals surface area contributed by atoms with E-state index in [9.17, 15) is 9.18 Å². The summed E-state index contributed by atoms with van der Waals surface area (Å²) in [5.41, 5.74) is 0.818. The second-order valence-corrected chi connectivity index (χ2v) is 3.73. The van der Waals surface area contributed by atoms with Gasteiger partial charge in [-0.2, -0.15) is 0 Å². The van der Waals surface area contributed by atoms with Gasteiger partial charge in [0.1, 0.15) is 11.5 Å². The molecule has 0 unspecified atom stereocenters. The SMILES string of the molecule is O=C(O)c1cccn1CCc1ccccc1F. The molecular formula is C13H12FNO2. The van der Waals surface area contributed by atoms with Gasteiger partial charge in [-0.15, -0.1) is 0 Å². The summed E-state index contributed by atoms with van der Waals surface area (Å²) >= 11 is 0. The van der Waals surface area contributed by atoms with Crippen molar-refractivity contribution in [2.45, 2.75) is 13.0 Å². The number of nitrogens with zero attached hydrogens (tertiary/aromatic N) is 1. The van der Waals surface area contributed by atoms with Crippen molar-refractivity contribution in [3.05, 3.63) is 59.7 Å². The molecule has 2 rings (SSSR count). The Bertz CT molecular complexity index is 534. The van der Waals surface area contributed by atoms with Crippen molar-refractivity contribution in [3.8, 4) is 0 Å². The molecule has 88 valence electrons. The lowest BCUT2D eigenvalue weighted by molar-refractivity contribution is 0.0685. The molecule has 1 N–H and O–H groups in total. The van der Waals surface area contributed by atoms with Crippen LogP contribution in [0.1, 0.15) is 16.1 Å². The van der Waals surface area contributed by atoms with Gasteiger partial charge >= 0.3 is 5.97 Å². The van der Waals surface area contributed by atoms with E-state index in [1.54, 1.807) is 35.0 Å². The van der Waals surface area contributed by atoms with Gasteiger partial charge in [-0.25, -0.2) is 9.18 Å². The van der Waals surface area contributed by atoms with Crippen LogP contribution >= 0.6 is 0 Å². The summed E-state index contributed by atoms with van der Waals surface area (Å²) in [7, 11) is 0. The van der Waals surface area contributed by atoms with Crippen LogP contribution < -0.4 is 0 Å². The summed E-state index contributed by atoms with van der Waals surface area (Å²) in [4.78, 5) is 10.9. The highest BCUT2D eigenvalue weighted by molar-refractivity contribution is 5.85. The second-order valence-electron chi connectivity index (χ2n) is 3.73. The lowest BCUT2D eigenvalue weighted by atomic mass is 10.1. The van der Waals surface area contributed by atoms with E-state index in [2.05, 4.69) is 0 Å². The number of aromatic nitrogens is 1. The largest absolute Gasteiger partial charge is 0.477 e. The van der Waals surface area contributed by atoms with Gasteiger partial charge in [0.05, 0.1) is 0 Å². The molecule has 0 saturated carbocycles. The van der Waals surface area contributed by atoms with Gasteiger partial charge in [0, 0.05) is 12.7 Å². The van der Waals surface area contributed by atoms with Gasteiger partial charge in [-0.3, -0.25) is 0 Å². The standard InChI is InChI=1S/C13H12FNO2/c14-11-5-2-1-4-10(11)7-9-15-8-3-6-12(15)13(16)17/h1-6,8H,7,9H2,(H,16,17). The van der Waals surface area contributed by atoms with Crippen molar-refractivity contribution in [1.82, 2.24) is 4.57 Å². The molecule has 0 amide bonds. The van der Waals surface area contributed by atoms with E-state index in [0.717, 1.165) is 0 Å². The van der Waals surface area contributed by atoms with Crippen LogP contribution in [0.25, 0.3) is 0 Å². The lowest BCUT2D eigenvalue weighted by Gasteiger charge is -2.07. The van der Waals surface area contributed by atoms with Crippen LogP contribution in [0.5, 0.6) is 0 Å². The van der Waals surface area contributed by atoms with Crippen LogP contribution in [0, 0.1) is 5.82 Å². The van der Waals surface area contributed by atoms with E-state index >= 15 is 0 Å². The number of benzene rings is 1. The minimum absolute atomic E-state index is 0.223. The Hall–Kier alpha value is -2.10. The predicted octanol–water partition coefficient (Wildman–Crippen LogP) is 2.57. The Labute approximate surface area is 98.1 Å². The van der Waals surface area contributed by atoms with Gasteiger partial charge < -0.3 is 9.67 Å². The number of hydrogen-bond acceptors (Lipinski definition) is 1. The number of carboxylic acids is 1. The van der Waals surface area contributed by atoms with Crippen LogP contribution in [-0.4, -0.2) is 15.6 Å². The first-order valence-electron chi connectivity index (χ1n) is 5.30. The third kappa shape index (κ3) is 2.53. The molecular weight excluding hydrogens is 221 g/mol. The van der Waals surface area contributed by atoms with E-state index in [1.165, 1.54) is 12.1 Å². The summed E-state index contributed by atoms with van der Waals surface area (Å²) in [5, 5.41) is 8.91. The smallest absolute Gasteiger partial charge is 0.352 e. The number of rotatable bonds is 4. The number of carboxylic acid groups (broad SMARTS) is 1. The number of carbonyl (C=O) groups is 1. The quantitative estimate of drug-likeness (QED) is 0.881. The van der Waals surface area contributed by atoms with E-state index in [1.807, 2.05) is 0 Å². The second kappa shape index (κ2) is 4.82. The van der Waals surface area contributed by atoms with Crippen molar-refractivity contribution < 1.29 is 14.3 Å². The summed E-state index contributed by atoms with van der Waals surface area (Å²) in [6, 6.07) is 9.72. The first kappa shape index (κ1) is 11.4. The highest BCUT2D eigenvalue weighted by atomic mass is 19.1. The van der Waals surface area contributed by atoms with Crippen LogP contribution in [-0.2, 0) is 13.0 Å². The van der Waals surface area contributed by atoms with Gasteiger partial charge in [0.2, 0.25) is 0 Å². The molecule has 0 radical (unpaired) electrons. The van der Waals surface area contributed by atoms with Crippen LogP contribution in [0.3, 0.4) is 0 Å².